The minimum absolute atomic E-state index is 0.603. The van der Waals surface area contributed by atoms with E-state index >= 15 is 0 Å². The maximum atomic E-state index is 6.43. The van der Waals surface area contributed by atoms with Gasteiger partial charge >= 0.3 is 0 Å². The summed E-state index contributed by atoms with van der Waals surface area (Å²) < 4.78 is 0. The number of rotatable bonds is 1. The second-order valence-corrected chi connectivity index (χ2v) is 6.69. The fraction of sp³-hybridized carbons (Fsp3) is 0.250. The molecule has 100 valence electrons. The van der Waals surface area contributed by atoms with Crippen molar-refractivity contribution in [1.29, 1.82) is 0 Å². The third-order valence-corrected chi connectivity index (χ3v) is 5.26. The minimum atomic E-state index is 0.603. The number of nitrogens with zero attached hydrogens (tertiary/aromatic N) is 2. The summed E-state index contributed by atoms with van der Waals surface area (Å²) in [6.07, 6.45) is 3.50. The third-order valence-electron chi connectivity index (χ3n) is 3.80. The lowest BCUT2D eigenvalue weighted by Crippen LogP contribution is -1.91. The van der Waals surface area contributed by atoms with Crippen molar-refractivity contribution >= 4 is 33.2 Å². The molecule has 0 saturated carbocycles. The number of aromatic nitrogens is 2. The molecule has 4 heteroatoms. The van der Waals surface area contributed by atoms with Gasteiger partial charge in [-0.05, 0) is 37.8 Å². The Hall–Kier alpha value is -1.45. The van der Waals surface area contributed by atoms with E-state index in [1.54, 1.807) is 11.3 Å². The van der Waals surface area contributed by atoms with Crippen LogP contribution in [0, 0.1) is 6.92 Å². The summed E-state index contributed by atoms with van der Waals surface area (Å²) in [5.74, 6) is 0.728. The van der Waals surface area contributed by atoms with Crippen LogP contribution in [0.3, 0.4) is 0 Å². The van der Waals surface area contributed by atoms with E-state index in [-0.39, 0.29) is 0 Å². The Kier molecular flexibility index (Phi) is 2.79. The summed E-state index contributed by atoms with van der Waals surface area (Å²) in [7, 11) is 0. The van der Waals surface area contributed by atoms with Crippen LogP contribution in [0.1, 0.15) is 22.4 Å². The lowest BCUT2D eigenvalue weighted by molar-refractivity contribution is 0.917. The Labute approximate surface area is 126 Å². The minimum Gasteiger partial charge on any atom is -0.217 e. The Bertz CT molecular complexity index is 823. The predicted molar refractivity (Wildman–Crippen MR) is 84.6 cm³/mol. The number of halogens is 1. The highest BCUT2D eigenvalue weighted by molar-refractivity contribution is 7.19. The van der Waals surface area contributed by atoms with Crippen molar-refractivity contribution < 1.29 is 0 Å². The van der Waals surface area contributed by atoms with Crippen molar-refractivity contribution in [3.05, 3.63) is 45.4 Å². The van der Waals surface area contributed by atoms with Crippen LogP contribution in [0.15, 0.2) is 24.3 Å². The standard InChI is InChI=1S/C16H13ClN2S/c1-9-4-2-5-10(8-9)15-18-14(17)13-11-6-3-7-12(11)20-16(13)19-15/h2,4-5,8H,3,6-7H2,1H3. The number of fused-ring (bicyclic) bond motifs is 3. The molecule has 2 nitrogen and oxygen atoms in total. The Morgan fingerprint density at radius 1 is 1.20 bits per heavy atom. The highest BCUT2D eigenvalue weighted by Crippen LogP contribution is 2.40. The smallest absolute Gasteiger partial charge is 0.162 e. The molecule has 0 spiro atoms. The molecule has 3 aromatic rings. The Balaban J connectivity index is 1.95. The molecule has 2 aromatic heterocycles. The van der Waals surface area contributed by atoms with Gasteiger partial charge in [0.2, 0.25) is 0 Å². The average molecular weight is 301 g/mol. The van der Waals surface area contributed by atoms with E-state index in [9.17, 15) is 0 Å². The fourth-order valence-corrected chi connectivity index (χ4v) is 4.47. The van der Waals surface area contributed by atoms with Gasteiger partial charge < -0.3 is 0 Å². The second-order valence-electron chi connectivity index (χ2n) is 5.25. The van der Waals surface area contributed by atoms with Crippen molar-refractivity contribution in [2.24, 2.45) is 0 Å². The van der Waals surface area contributed by atoms with Crippen LogP contribution in [0.5, 0.6) is 0 Å². The van der Waals surface area contributed by atoms with Gasteiger partial charge in [-0.25, -0.2) is 9.97 Å². The predicted octanol–water partition coefficient (Wildman–Crippen LogP) is 4.81. The molecule has 20 heavy (non-hydrogen) atoms. The highest BCUT2D eigenvalue weighted by Gasteiger charge is 2.21. The number of benzene rings is 1. The molecule has 4 rings (SSSR count). The Morgan fingerprint density at radius 3 is 2.95 bits per heavy atom. The number of thiophene rings is 1. The molecule has 0 radical (unpaired) electrons. The van der Waals surface area contributed by atoms with E-state index in [1.165, 1.54) is 22.4 Å². The summed E-state index contributed by atoms with van der Waals surface area (Å²) >= 11 is 8.21. The summed E-state index contributed by atoms with van der Waals surface area (Å²) in [4.78, 5) is 11.7. The van der Waals surface area contributed by atoms with Gasteiger partial charge in [0.1, 0.15) is 9.98 Å². The average Bonchev–Trinajstić information content (AvgIpc) is 2.98. The largest absolute Gasteiger partial charge is 0.217 e. The molecule has 2 heterocycles. The molecule has 0 bridgehead atoms. The lowest BCUT2D eigenvalue weighted by atomic mass is 10.1. The quantitative estimate of drug-likeness (QED) is 0.603. The maximum Gasteiger partial charge on any atom is 0.162 e. The SMILES string of the molecule is Cc1cccc(-c2nc(Cl)c3c4c(sc3n2)CCC4)c1. The van der Waals surface area contributed by atoms with E-state index in [0.717, 1.165) is 34.4 Å². The van der Waals surface area contributed by atoms with Gasteiger partial charge in [0.05, 0.1) is 5.39 Å². The van der Waals surface area contributed by atoms with Crippen molar-refractivity contribution in [2.45, 2.75) is 26.2 Å². The van der Waals surface area contributed by atoms with E-state index in [2.05, 4.69) is 24.0 Å². The first-order valence-electron chi connectivity index (χ1n) is 6.77. The molecule has 0 aliphatic heterocycles. The van der Waals surface area contributed by atoms with E-state index in [0.29, 0.717) is 5.15 Å². The lowest BCUT2D eigenvalue weighted by Gasteiger charge is -2.04. The maximum absolute atomic E-state index is 6.43. The highest BCUT2D eigenvalue weighted by atomic mass is 35.5. The molecule has 0 fully saturated rings. The van der Waals surface area contributed by atoms with Crippen molar-refractivity contribution in [3.63, 3.8) is 0 Å². The zero-order chi connectivity index (χ0) is 13.7. The molecule has 1 aliphatic carbocycles. The van der Waals surface area contributed by atoms with Crippen molar-refractivity contribution in [3.8, 4) is 11.4 Å². The van der Waals surface area contributed by atoms with Gasteiger partial charge in [-0.15, -0.1) is 11.3 Å². The topological polar surface area (TPSA) is 25.8 Å². The first-order valence-corrected chi connectivity index (χ1v) is 7.96. The number of hydrogen-bond acceptors (Lipinski definition) is 3. The van der Waals surface area contributed by atoms with Crippen LogP contribution >= 0.6 is 22.9 Å². The van der Waals surface area contributed by atoms with Gasteiger partial charge in [0, 0.05) is 10.4 Å². The van der Waals surface area contributed by atoms with Crippen molar-refractivity contribution in [1.82, 2.24) is 9.97 Å². The van der Waals surface area contributed by atoms with E-state index in [4.69, 9.17) is 16.6 Å². The second kappa shape index (κ2) is 4.54. The van der Waals surface area contributed by atoms with Gasteiger partial charge in [0.15, 0.2) is 5.82 Å². The van der Waals surface area contributed by atoms with Crippen LogP contribution < -0.4 is 0 Å². The monoisotopic (exact) mass is 300 g/mol. The normalized spacial score (nSPS) is 13.9. The first kappa shape index (κ1) is 12.3. The van der Waals surface area contributed by atoms with Crippen LogP contribution in [-0.2, 0) is 12.8 Å². The van der Waals surface area contributed by atoms with Gasteiger partial charge in [-0.1, -0.05) is 35.4 Å². The van der Waals surface area contributed by atoms with Crippen molar-refractivity contribution in [2.75, 3.05) is 0 Å². The molecular formula is C16H13ClN2S. The van der Waals surface area contributed by atoms with E-state index in [1.807, 2.05) is 12.1 Å². The zero-order valence-electron chi connectivity index (χ0n) is 11.1. The summed E-state index contributed by atoms with van der Waals surface area (Å²) in [5.41, 5.74) is 3.61. The number of aryl methyl sites for hydroxylation is 3. The summed E-state index contributed by atoms with van der Waals surface area (Å²) in [6, 6.07) is 8.23. The molecular weight excluding hydrogens is 288 g/mol. The molecule has 0 saturated heterocycles. The van der Waals surface area contributed by atoms with Crippen LogP contribution in [0.4, 0.5) is 0 Å². The van der Waals surface area contributed by atoms with E-state index < -0.39 is 0 Å². The van der Waals surface area contributed by atoms with Gasteiger partial charge in [-0.3, -0.25) is 0 Å². The molecule has 0 N–H and O–H groups in total. The Morgan fingerprint density at radius 2 is 2.10 bits per heavy atom. The summed E-state index contributed by atoms with van der Waals surface area (Å²) in [6.45, 7) is 2.07. The molecule has 0 amide bonds. The van der Waals surface area contributed by atoms with Crippen LogP contribution in [0.25, 0.3) is 21.6 Å². The van der Waals surface area contributed by atoms with Crippen LogP contribution in [-0.4, -0.2) is 9.97 Å². The zero-order valence-corrected chi connectivity index (χ0v) is 12.7. The first-order chi connectivity index (χ1) is 9.72. The molecule has 1 aliphatic rings. The summed E-state index contributed by atoms with van der Waals surface area (Å²) in [5, 5.41) is 1.69. The molecule has 0 atom stereocenters. The molecule has 1 aromatic carbocycles. The molecule has 0 unspecified atom stereocenters. The fourth-order valence-electron chi connectivity index (χ4n) is 2.86. The third kappa shape index (κ3) is 1.85. The van der Waals surface area contributed by atoms with Crippen LogP contribution in [0.2, 0.25) is 5.15 Å². The number of hydrogen-bond donors (Lipinski definition) is 0. The van der Waals surface area contributed by atoms with Gasteiger partial charge in [0.25, 0.3) is 0 Å². The van der Waals surface area contributed by atoms with Gasteiger partial charge in [-0.2, -0.15) is 0 Å².